The van der Waals surface area contributed by atoms with E-state index in [0.717, 1.165) is 0 Å². The van der Waals surface area contributed by atoms with Crippen LogP contribution in [0.15, 0.2) is 0 Å². The quantitative estimate of drug-likeness (QED) is 0.555. The standard InChI is InChI=1S/C8H17NO3/c1-8(2,11)4-7(5-12-3)9-6-10/h6-7,11H,4-5H2,1-3H3,(H,9,10). The van der Waals surface area contributed by atoms with Crippen molar-refractivity contribution in [3.63, 3.8) is 0 Å². The van der Waals surface area contributed by atoms with Gasteiger partial charge < -0.3 is 15.2 Å². The van der Waals surface area contributed by atoms with Crippen LogP contribution in [0, 0.1) is 0 Å². The van der Waals surface area contributed by atoms with Crippen molar-refractivity contribution in [2.75, 3.05) is 13.7 Å². The molecule has 0 saturated heterocycles. The van der Waals surface area contributed by atoms with E-state index in [2.05, 4.69) is 5.32 Å². The van der Waals surface area contributed by atoms with Crippen molar-refractivity contribution in [3.05, 3.63) is 0 Å². The number of amides is 1. The van der Waals surface area contributed by atoms with E-state index in [1.807, 2.05) is 0 Å². The highest BCUT2D eigenvalue weighted by molar-refractivity contribution is 5.46. The summed E-state index contributed by atoms with van der Waals surface area (Å²) >= 11 is 0. The van der Waals surface area contributed by atoms with Gasteiger partial charge in [-0.1, -0.05) is 0 Å². The molecule has 4 heteroatoms. The van der Waals surface area contributed by atoms with Crippen molar-refractivity contribution in [3.8, 4) is 0 Å². The molecule has 0 radical (unpaired) electrons. The summed E-state index contributed by atoms with van der Waals surface area (Å²) in [5, 5.41) is 12.0. The third-order valence-electron chi connectivity index (χ3n) is 1.42. The highest BCUT2D eigenvalue weighted by Crippen LogP contribution is 2.10. The van der Waals surface area contributed by atoms with E-state index in [-0.39, 0.29) is 6.04 Å². The lowest BCUT2D eigenvalue weighted by Crippen LogP contribution is -2.38. The Kier molecular flexibility index (Phi) is 4.85. The number of rotatable bonds is 6. The predicted molar refractivity (Wildman–Crippen MR) is 45.8 cm³/mol. The maximum Gasteiger partial charge on any atom is 0.207 e. The number of ether oxygens (including phenoxy) is 1. The van der Waals surface area contributed by atoms with Crippen LogP contribution in [0.25, 0.3) is 0 Å². The molecule has 4 nitrogen and oxygen atoms in total. The average molecular weight is 175 g/mol. The third-order valence-corrected chi connectivity index (χ3v) is 1.42. The first kappa shape index (κ1) is 11.4. The lowest BCUT2D eigenvalue weighted by Gasteiger charge is -2.23. The Balaban J connectivity index is 3.85. The Morgan fingerprint density at radius 1 is 1.67 bits per heavy atom. The lowest BCUT2D eigenvalue weighted by atomic mass is 10.00. The van der Waals surface area contributed by atoms with Crippen LogP contribution in [-0.4, -0.2) is 36.9 Å². The number of aliphatic hydroxyl groups is 1. The maximum absolute atomic E-state index is 10.1. The molecule has 0 spiro atoms. The zero-order valence-electron chi connectivity index (χ0n) is 7.83. The Morgan fingerprint density at radius 3 is 2.58 bits per heavy atom. The van der Waals surface area contributed by atoms with Crippen LogP contribution in [0.3, 0.4) is 0 Å². The molecule has 0 aliphatic heterocycles. The Labute approximate surface area is 72.9 Å². The van der Waals surface area contributed by atoms with Crippen molar-refractivity contribution in [2.24, 2.45) is 0 Å². The van der Waals surface area contributed by atoms with Gasteiger partial charge in [0.25, 0.3) is 0 Å². The second-order valence-corrected chi connectivity index (χ2v) is 3.45. The molecule has 72 valence electrons. The number of carbonyl (C=O) groups is 1. The molecular formula is C8H17NO3. The second kappa shape index (κ2) is 5.11. The van der Waals surface area contributed by atoms with Crippen LogP contribution in [-0.2, 0) is 9.53 Å². The lowest BCUT2D eigenvalue weighted by molar-refractivity contribution is -0.110. The van der Waals surface area contributed by atoms with E-state index in [1.54, 1.807) is 21.0 Å². The van der Waals surface area contributed by atoms with Crippen molar-refractivity contribution in [1.29, 1.82) is 0 Å². The Hall–Kier alpha value is -0.610. The van der Waals surface area contributed by atoms with Crippen molar-refractivity contribution < 1.29 is 14.6 Å². The van der Waals surface area contributed by atoms with Gasteiger partial charge in [-0.25, -0.2) is 0 Å². The van der Waals surface area contributed by atoms with Gasteiger partial charge >= 0.3 is 0 Å². The Bertz CT molecular complexity index is 131. The number of carbonyl (C=O) groups excluding carboxylic acids is 1. The van der Waals surface area contributed by atoms with Gasteiger partial charge in [0.05, 0.1) is 18.2 Å². The molecule has 1 amide bonds. The van der Waals surface area contributed by atoms with Gasteiger partial charge in [-0.05, 0) is 20.3 Å². The highest BCUT2D eigenvalue weighted by Gasteiger charge is 2.19. The summed E-state index contributed by atoms with van der Waals surface area (Å²) in [5.74, 6) is 0. The van der Waals surface area contributed by atoms with Crippen LogP contribution in [0.1, 0.15) is 20.3 Å². The molecule has 0 bridgehead atoms. The van der Waals surface area contributed by atoms with Crippen LogP contribution >= 0.6 is 0 Å². The van der Waals surface area contributed by atoms with Crippen LogP contribution in [0.5, 0.6) is 0 Å². The predicted octanol–water partition coefficient (Wildman–Crippen LogP) is -0.0916. The van der Waals surface area contributed by atoms with Gasteiger partial charge in [-0.2, -0.15) is 0 Å². The molecule has 1 unspecified atom stereocenters. The topological polar surface area (TPSA) is 58.6 Å². The minimum absolute atomic E-state index is 0.118. The summed E-state index contributed by atoms with van der Waals surface area (Å²) in [7, 11) is 1.56. The van der Waals surface area contributed by atoms with Crippen LogP contribution < -0.4 is 5.32 Å². The fraction of sp³-hybridized carbons (Fsp3) is 0.875. The first-order chi connectivity index (χ1) is 5.49. The minimum Gasteiger partial charge on any atom is -0.390 e. The molecule has 0 aromatic rings. The number of methoxy groups -OCH3 is 1. The van der Waals surface area contributed by atoms with Crippen LogP contribution in [0.4, 0.5) is 0 Å². The molecule has 1 atom stereocenters. The van der Waals surface area contributed by atoms with E-state index < -0.39 is 5.60 Å². The first-order valence-electron chi connectivity index (χ1n) is 3.90. The summed E-state index contributed by atoms with van der Waals surface area (Å²) in [5.41, 5.74) is -0.779. The molecule has 0 fully saturated rings. The average Bonchev–Trinajstić information content (AvgIpc) is 1.84. The summed E-state index contributed by atoms with van der Waals surface area (Å²) < 4.78 is 4.87. The molecule has 12 heavy (non-hydrogen) atoms. The molecule has 0 saturated carbocycles. The SMILES string of the molecule is COCC(CC(C)(C)O)NC=O. The normalized spacial score (nSPS) is 14.0. The largest absolute Gasteiger partial charge is 0.390 e. The summed E-state index contributed by atoms with van der Waals surface area (Å²) in [6.07, 6.45) is 1.11. The van der Waals surface area contributed by atoms with Gasteiger partial charge in [0.15, 0.2) is 0 Å². The van der Waals surface area contributed by atoms with E-state index >= 15 is 0 Å². The molecule has 0 aliphatic rings. The number of hydrogen-bond acceptors (Lipinski definition) is 3. The molecule has 0 aliphatic carbocycles. The zero-order valence-corrected chi connectivity index (χ0v) is 7.83. The van der Waals surface area contributed by atoms with Gasteiger partial charge in [0, 0.05) is 7.11 Å². The molecule has 0 aromatic heterocycles. The van der Waals surface area contributed by atoms with Gasteiger partial charge in [0.2, 0.25) is 6.41 Å². The van der Waals surface area contributed by atoms with E-state index in [4.69, 9.17) is 4.74 Å². The van der Waals surface area contributed by atoms with Gasteiger partial charge in [-0.3, -0.25) is 4.79 Å². The maximum atomic E-state index is 10.1. The third kappa shape index (κ3) is 6.12. The molecule has 0 heterocycles. The van der Waals surface area contributed by atoms with Gasteiger partial charge in [-0.15, -0.1) is 0 Å². The highest BCUT2D eigenvalue weighted by atomic mass is 16.5. The smallest absolute Gasteiger partial charge is 0.207 e. The van der Waals surface area contributed by atoms with E-state index in [0.29, 0.717) is 19.4 Å². The molecular weight excluding hydrogens is 158 g/mol. The monoisotopic (exact) mass is 175 g/mol. The summed E-state index contributed by atoms with van der Waals surface area (Å²) in [4.78, 5) is 10.1. The van der Waals surface area contributed by atoms with E-state index in [9.17, 15) is 9.90 Å². The zero-order chi connectivity index (χ0) is 9.61. The Morgan fingerprint density at radius 2 is 2.25 bits per heavy atom. The van der Waals surface area contributed by atoms with E-state index in [1.165, 1.54) is 0 Å². The summed E-state index contributed by atoms with van der Waals surface area (Å²) in [6, 6.07) is -0.118. The van der Waals surface area contributed by atoms with Crippen molar-refractivity contribution in [1.82, 2.24) is 5.32 Å². The van der Waals surface area contributed by atoms with Crippen molar-refractivity contribution in [2.45, 2.75) is 31.9 Å². The van der Waals surface area contributed by atoms with Gasteiger partial charge in [0.1, 0.15) is 0 Å². The van der Waals surface area contributed by atoms with Crippen molar-refractivity contribution >= 4 is 6.41 Å². The first-order valence-corrected chi connectivity index (χ1v) is 3.90. The fourth-order valence-corrected chi connectivity index (χ4v) is 1.07. The second-order valence-electron chi connectivity index (χ2n) is 3.45. The minimum atomic E-state index is -0.779. The summed E-state index contributed by atoms with van der Waals surface area (Å²) in [6.45, 7) is 3.81. The van der Waals surface area contributed by atoms with Crippen LogP contribution in [0.2, 0.25) is 0 Å². The molecule has 2 N–H and O–H groups in total. The molecule has 0 rings (SSSR count). The molecule has 0 aromatic carbocycles. The number of nitrogens with one attached hydrogen (secondary N) is 1. The number of hydrogen-bond donors (Lipinski definition) is 2. The fourth-order valence-electron chi connectivity index (χ4n) is 1.07.